The van der Waals surface area contributed by atoms with E-state index in [0.717, 1.165) is 26.3 Å². The summed E-state index contributed by atoms with van der Waals surface area (Å²) in [5.74, 6) is 0. The third kappa shape index (κ3) is 18.3. The highest BCUT2D eigenvalue weighted by Crippen LogP contribution is 2.12. The monoisotopic (exact) mass is 341 g/mol. The van der Waals surface area contributed by atoms with E-state index >= 15 is 0 Å². The van der Waals surface area contributed by atoms with Crippen LogP contribution in [0.1, 0.15) is 111 Å². The van der Waals surface area contributed by atoms with E-state index < -0.39 is 0 Å². The van der Waals surface area contributed by atoms with Crippen molar-refractivity contribution in [2.24, 2.45) is 0 Å². The summed E-state index contributed by atoms with van der Waals surface area (Å²) in [5, 5.41) is 0. The Morgan fingerprint density at radius 2 is 0.917 bits per heavy atom. The minimum Gasteiger partial charge on any atom is -0.381 e. The highest BCUT2D eigenvalue weighted by molar-refractivity contribution is 4.52. The van der Waals surface area contributed by atoms with E-state index in [1.807, 2.05) is 0 Å². The minimum absolute atomic E-state index is 0.939. The number of unbranched alkanes of at least 4 members (excludes halogenated alkanes) is 12. The van der Waals surface area contributed by atoms with Gasteiger partial charge in [0.15, 0.2) is 0 Å². The van der Waals surface area contributed by atoms with Crippen LogP contribution >= 0.6 is 0 Å². The summed E-state index contributed by atoms with van der Waals surface area (Å²) in [4.78, 5) is 2.47. The lowest BCUT2D eigenvalue weighted by Crippen LogP contribution is -2.24. The summed E-state index contributed by atoms with van der Waals surface area (Å²) in [6, 6.07) is 0. The van der Waals surface area contributed by atoms with Gasteiger partial charge in [0.1, 0.15) is 0 Å². The standard InChI is InChI=1S/C22H47NO/c1-4-7-8-9-10-11-12-13-14-15-16-17-18-21-24-22-19-20-23(5-2)6-3/h4-22H2,1-3H3. The molecule has 0 saturated carbocycles. The zero-order chi connectivity index (χ0) is 17.7. The first-order chi connectivity index (χ1) is 11.8. The van der Waals surface area contributed by atoms with Crippen LogP contribution in [0, 0.1) is 0 Å². The van der Waals surface area contributed by atoms with Crippen molar-refractivity contribution in [3.05, 3.63) is 0 Å². The SMILES string of the molecule is CCCCCCCCCCCCCCCOCCCN(CC)CC. The zero-order valence-electron chi connectivity index (χ0n) is 17.3. The second-order valence-corrected chi connectivity index (χ2v) is 7.24. The molecule has 0 atom stereocenters. The normalized spacial score (nSPS) is 11.5. The van der Waals surface area contributed by atoms with Gasteiger partial charge >= 0.3 is 0 Å². The van der Waals surface area contributed by atoms with Gasteiger partial charge in [0.05, 0.1) is 0 Å². The molecule has 0 rings (SSSR count). The van der Waals surface area contributed by atoms with Crippen LogP contribution < -0.4 is 0 Å². The molecular formula is C22H47NO. The van der Waals surface area contributed by atoms with Crippen molar-refractivity contribution < 1.29 is 4.74 Å². The summed E-state index contributed by atoms with van der Waals surface area (Å²) in [7, 11) is 0. The number of nitrogens with zero attached hydrogens (tertiary/aromatic N) is 1. The number of hydrogen-bond acceptors (Lipinski definition) is 2. The van der Waals surface area contributed by atoms with Crippen LogP contribution in [0.4, 0.5) is 0 Å². The molecule has 0 heterocycles. The van der Waals surface area contributed by atoms with E-state index in [4.69, 9.17) is 4.74 Å². The van der Waals surface area contributed by atoms with Gasteiger partial charge in [0.25, 0.3) is 0 Å². The topological polar surface area (TPSA) is 12.5 Å². The molecule has 0 fully saturated rings. The van der Waals surface area contributed by atoms with Crippen molar-refractivity contribution in [1.82, 2.24) is 4.90 Å². The molecule has 146 valence electrons. The van der Waals surface area contributed by atoms with Gasteiger partial charge in [-0.15, -0.1) is 0 Å². The van der Waals surface area contributed by atoms with Crippen LogP contribution in [0.5, 0.6) is 0 Å². The van der Waals surface area contributed by atoms with Crippen molar-refractivity contribution in [3.63, 3.8) is 0 Å². The molecule has 0 radical (unpaired) electrons. The van der Waals surface area contributed by atoms with Gasteiger partial charge in [0, 0.05) is 19.8 Å². The summed E-state index contributed by atoms with van der Waals surface area (Å²) in [6.45, 7) is 12.2. The van der Waals surface area contributed by atoms with E-state index in [0.29, 0.717) is 0 Å². The van der Waals surface area contributed by atoms with Crippen molar-refractivity contribution in [2.45, 2.75) is 111 Å². The lowest BCUT2D eigenvalue weighted by molar-refractivity contribution is 0.118. The molecule has 24 heavy (non-hydrogen) atoms. The Morgan fingerprint density at radius 1 is 0.500 bits per heavy atom. The number of ether oxygens (including phenoxy) is 1. The van der Waals surface area contributed by atoms with Crippen molar-refractivity contribution in [2.75, 3.05) is 32.8 Å². The quantitative estimate of drug-likeness (QED) is 0.225. The average Bonchev–Trinajstić information content (AvgIpc) is 2.61. The Labute approximate surface area is 153 Å². The molecule has 0 N–H and O–H groups in total. The Hall–Kier alpha value is -0.0800. The Balaban J connectivity index is 3.03. The summed E-state index contributed by atoms with van der Waals surface area (Å²) in [6.07, 6.45) is 19.6. The largest absolute Gasteiger partial charge is 0.381 e. The summed E-state index contributed by atoms with van der Waals surface area (Å²) >= 11 is 0. The first kappa shape index (κ1) is 23.9. The molecule has 0 saturated heterocycles. The molecule has 2 heteroatoms. The smallest absolute Gasteiger partial charge is 0.0478 e. The van der Waals surface area contributed by atoms with Crippen LogP contribution in [0.15, 0.2) is 0 Å². The molecule has 0 unspecified atom stereocenters. The highest BCUT2D eigenvalue weighted by atomic mass is 16.5. The Kier molecular flexibility index (Phi) is 20.9. The van der Waals surface area contributed by atoms with E-state index in [1.165, 1.54) is 96.4 Å². The van der Waals surface area contributed by atoms with Crippen LogP contribution in [-0.4, -0.2) is 37.7 Å². The zero-order valence-corrected chi connectivity index (χ0v) is 17.3. The van der Waals surface area contributed by atoms with Crippen molar-refractivity contribution >= 4 is 0 Å². The Bertz CT molecular complexity index is 216. The molecule has 0 aromatic carbocycles. The average molecular weight is 342 g/mol. The van der Waals surface area contributed by atoms with E-state index in [9.17, 15) is 0 Å². The lowest BCUT2D eigenvalue weighted by Gasteiger charge is -2.17. The fourth-order valence-corrected chi connectivity index (χ4v) is 3.25. The second kappa shape index (κ2) is 21.0. The highest BCUT2D eigenvalue weighted by Gasteiger charge is 1.98. The molecular weight excluding hydrogens is 294 g/mol. The van der Waals surface area contributed by atoms with Crippen LogP contribution in [0.2, 0.25) is 0 Å². The predicted molar refractivity (Wildman–Crippen MR) is 109 cm³/mol. The van der Waals surface area contributed by atoms with Crippen molar-refractivity contribution in [3.8, 4) is 0 Å². The van der Waals surface area contributed by atoms with E-state index in [2.05, 4.69) is 25.7 Å². The van der Waals surface area contributed by atoms with Crippen LogP contribution in [-0.2, 0) is 4.74 Å². The summed E-state index contributed by atoms with van der Waals surface area (Å²) < 4.78 is 5.75. The number of rotatable bonds is 20. The van der Waals surface area contributed by atoms with Gasteiger partial charge in [-0.05, 0) is 25.9 Å². The molecule has 0 bridgehead atoms. The number of hydrogen-bond donors (Lipinski definition) is 0. The van der Waals surface area contributed by atoms with Gasteiger partial charge in [-0.1, -0.05) is 97.8 Å². The second-order valence-electron chi connectivity index (χ2n) is 7.24. The Morgan fingerprint density at radius 3 is 1.38 bits per heavy atom. The fraction of sp³-hybridized carbons (Fsp3) is 1.00. The van der Waals surface area contributed by atoms with Crippen molar-refractivity contribution in [1.29, 1.82) is 0 Å². The van der Waals surface area contributed by atoms with E-state index in [1.54, 1.807) is 0 Å². The molecule has 0 aromatic heterocycles. The third-order valence-electron chi connectivity index (χ3n) is 5.05. The maximum absolute atomic E-state index is 5.75. The first-order valence-corrected chi connectivity index (χ1v) is 11.1. The molecule has 2 nitrogen and oxygen atoms in total. The van der Waals surface area contributed by atoms with Gasteiger partial charge in [0.2, 0.25) is 0 Å². The van der Waals surface area contributed by atoms with Gasteiger partial charge in [-0.2, -0.15) is 0 Å². The van der Waals surface area contributed by atoms with Crippen LogP contribution in [0.25, 0.3) is 0 Å². The van der Waals surface area contributed by atoms with Gasteiger partial charge < -0.3 is 9.64 Å². The predicted octanol–water partition coefficient (Wildman–Crippen LogP) is 6.83. The molecule has 0 aliphatic heterocycles. The molecule has 0 amide bonds. The molecule has 0 aromatic rings. The summed E-state index contributed by atoms with van der Waals surface area (Å²) in [5.41, 5.74) is 0. The lowest BCUT2D eigenvalue weighted by atomic mass is 10.0. The van der Waals surface area contributed by atoms with Gasteiger partial charge in [-0.3, -0.25) is 0 Å². The molecule has 0 spiro atoms. The maximum Gasteiger partial charge on any atom is 0.0478 e. The fourth-order valence-electron chi connectivity index (χ4n) is 3.25. The van der Waals surface area contributed by atoms with E-state index in [-0.39, 0.29) is 0 Å². The maximum atomic E-state index is 5.75. The van der Waals surface area contributed by atoms with Crippen LogP contribution in [0.3, 0.4) is 0 Å². The first-order valence-electron chi connectivity index (χ1n) is 11.1. The molecule has 0 aliphatic rings. The van der Waals surface area contributed by atoms with Gasteiger partial charge in [-0.25, -0.2) is 0 Å². The minimum atomic E-state index is 0.939. The molecule has 0 aliphatic carbocycles. The third-order valence-corrected chi connectivity index (χ3v) is 5.05.